The molecule has 2 N–H and O–H groups in total. The minimum atomic E-state index is -3.90. The molecule has 0 radical (unpaired) electrons. The van der Waals surface area contributed by atoms with Crippen molar-refractivity contribution >= 4 is 33.0 Å². The van der Waals surface area contributed by atoms with E-state index in [2.05, 4.69) is 23.6 Å². The van der Waals surface area contributed by atoms with Crippen LogP contribution in [0, 0.1) is 5.41 Å². The number of sulfonamides is 1. The van der Waals surface area contributed by atoms with Gasteiger partial charge in [-0.2, -0.15) is 8.42 Å². The van der Waals surface area contributed by atoms with Crippen molar-refractivity contribution in [2.75, 3.05) is 11.8 Å². The standard InChI is InChI=1S/C19H24N2O5S2/c1-19(2)8-6-12(7-9-19)17-20-16(11-27-17)28(24,25)21-14-5-4-13(18(22)23)10-15(14)26-3/h4-5,10-12,21H,6-9H2,1-3H3,(H,22,23). The summed E-state index contributed by atoms with van der Waals surface area (Å²) in [5.41, 5.74) is 0.514. The first-order valence-electron chi connectivity index (χ1n) is 9.01. The van der Waals surface area contributed by atoms with Crippen LogP contribution in [0.25, 0.3) is 0 Å². The Morgan fingerprint density at radius 2 is 2.00 bits per heavy atom. The van der Waals surface area contributed by atoms with Crippen LogP contribution in [0.5, 0.6) is 5.75 Å². The van der Waals surface area contributed by atoms with Crippen molar-refractivity contribution in [3.05, 3.63) is 34.2 Å². The molecule has 0 unspecified atom stereocenters. The van der Waals surface area contributed by atoms with Gasteiger partial charge in [0.05, 0.1) is 23.4 Å². The number of methoxy groups -OCH3 is 1. The summed E-state index contributed by atoms with van der Waals surface area (Å²) in [5, 5.41) is 11.4. The molecule has 28 heavy (non-hydrogen) atoms. The molecule has 1 aromatic carbocycles. The number of carboxylic acids is 1. The van der Waals surface area contributed by atoms with Crippen molar-refractivity contribution < 1.29 is 23.1 Å². The maximum atomic E-state index is 12.7. The molecule has 2 aromatic rings. The van der Waals surface area contributed by atoms with E-state index >= 15 is 0 Å². The fourth-order valence-electron chi connectivity index (χ4n) is 3.33. The molecule has 0 aliphatic heterocycles. The Morgan fingerprint density at radius 3 is 2.61 bits per heavy atom. The number of carbonyl (C=O) groups is 1. The van der Waals surface area contributed by atoms with Crippen molar-refractivity contribution in [1.82, 2.24) is 4.98 Å². The van der Waals surface area contributed by atoms with Crippen LogP contribution < -0.4 is 9.46 Å². The van der Waals surface area contributed by atoms with E-state index < -0.39 is 16.0 Å². The van der Waals surface area contributed by atoms with Gasteiger partial charge in [0.2, 0.25) is 0 Å². The molecule has 7 nitrogen and oxygen atoms in total. The smallest absolute Gasteiger partial charge is 0.335 e. The van der Waals surface area contributed by atoms with Crippen molar-refractivity contribution in [3.8, 4) is 5.75 Å². The number of carboxylic acid groups (broad SMARTS) is 1. The Kier molecular flexibility index (Phi) is 5.67. The maximum Gasteiger partial charge on any atom is 0.335 e. The Bertz CT molecular complexity index is 972. The van der Waals surface area contributed by atoms with E-state index in [1.54, 1.807) is 5.38 Å². The second-order valence-electron chi connectivity index (χ2n) is 7.79. The summed E-state index contributed by atoms with van der Waals surface area (Å²) in [4.78, 5) is 15.5. The van der Waals surface area contributed by atoms with Gasteiger partial charge in [-0.3, -0.25) is 4.72 Å². The molecule has 1 saturated carbocycles. The fraction of sp³-hybridized carbons (Fsp3) is 0.474. The fourth-order valence-corrected chi connectivity index (χ4v) is 5.68. The summed E-state index contributed by atoms with van der Waals surface area (Å²) in [6.45, 7) is 4.52. The molecule has 0 saturated heterocycles. The van der Waals surface area contributed by atoms with Gasteiger partial charge in [0.15, 0.2) is 5.03 Å². The summed E-state index contributed by atoms with van der Waals surface area (Å²) in [5.74, 6) is -0.688. The minimum absolute atomic E-state index is 0.0102. The highest BCUT2D eigenvalue weighted by atomic mass is 32.2. The highest BCUT2D eigenvalue weighted by Crippen LogP contribution is 2.43. The van der Waals surface area contributed by atoms with Gasteiger partial charge in [0.25, 0.3) is 10.0 Å². The van der Waals surface area contributed by atoms with Gasteiger partial charge in [0.1, 0.15) is 5.75 Å². The Hall–Kier alpha value is -2.13. The lowest BCUT2D eigenvalue weighted by atomic mass is 9.73. The summed E-state index contributed by atoms with van der Waals surface area (Å²) in [7, 11) is -2.55. The Labute approximate surface area is 168 Å². The quantitative estimate of drug-likeness (QED) is 0.715. The number of hydrogen-bond donors (Lipinski definition) is 2. The summed E-state index contributed by atoms with van der Waals surface area (Å²) in [6.07, 6.45) is 4.23. The number of nitrogens with one attached hydrogen (secondary N) is 1. The lowest BCUT2D eigenvalue weighted by molar-refractivity contribution is 0.0696. The van der Waals surface area contributed by atoms with Crippen LogP contribution in [-0.2, 0) is 10.0 Å². The first-order valence-corrected chi connectivity index (χ1v) is 11.4. The second kappa shape index (κ2) is 7.71. The van der Waals surface area contributed by atoms with Gasteiger partial charge in [-0.05, 0) is 49.3 Å². The van der Waals surface area contributed by atoms with E-state index in [9.17, 15) is 13.2 Å². The number of hydrogen-bond acceptors (Lipinski definition) is 6. The molecule has 1 aliphatic rings. The number of anilines is 1. The summed E-state index contributed by atoms with van der Waals surface area (Å²) < 4.78 is 33.1. The highest BCUT2D eigenvalue weighted by molar-refractivity contribution is 7.92. The lowest BCUT2D eigenvalue weighted by Gasteiger charge is -2.33. The van der Waals surface area contributed by atoms with Crippen LogP contribution >= 0.6 is 11.3 Å². The van der Waals surface area contributed by atoms with E-state index in [-0.39, 0.29) is 22.0 Å². The second-order valence-corrected chi connectivity index (χ2v) is 10.3. The molecule has 1 fully saturated rings. The largest absolute Gasteiger partial charge is 0.495 e. The predicted octanol–water partition coefficient (Wildman–Crippen LogP) is 4.33. The number of nitrogens with zero attached hydrogens (tertiary/aromatic N) is 1. The third kappa shape index (κ3) is 4.47. The zero-order valence-electron chi connectivity index (χ0n) is 16.1. The van der Waals surface area contributed by atoms with E-state index in [0.717, 1.165) is 30.7 Å². The van der Waals surface area contributed by atoms with Crippen LogP contribution in [0.3, 0.4) is 0 Å². The average molecular weight is 425 g/mol. The van der Waals surface area contributed by atoms with E-state index in [4.69, 9.17) is 9.84 Å². The van der Waals surface area contributed by atoms with E-state index in [1.165, 1.54) is 36.6 Å². The van der Waals surface area contributed by atoms with Crippen molar-refractivity contribution in [2.45, 2.75) is 50.5 Å². The van der Waals surface area contributed by atoms with Crippen LogP contribution in [0.2, 0.25) is 0 Å². The van der Waals surface area contributed by atoms with Gasteiger partial charge >= 0.3 is 5.97 Å². The number of benzene rings is 1. The van der Waals surface area contributed by atoms with Crippen molar-refractivity contribution in [2.24, 2.45) is 5.41 Å². The van der Waals surface area contributed by atoms with Crippen LogP contribution in [-0.4, -0.2) is 31.6 Å². The zero-order chi connectivity index (χ0) is 20.5. The van der Waals surface area contributed by atoms with Crippen LogP contribution in [0.1, 0.15) is 60.8 Å². The molecule has 9 heteroatoms. The summed E-state index contributed by atoms with van der Waals surface area (Å²) in [6, 6.07) is 3.96. The lowest BCUT2D eigenvalue weighted by Crippen LogP contribution is -2.20. The van der Waals surface area contributed by atoms with Gasteiger partial charge < -0.3 is 9.84 Å². The maximum absolute atomic E-state index is 12.7. The molecule has 3 rings (SSSR count). The molecule has 0 bridgehead atoms. The number of aromatic carboxylic acids is 1. The molecular weight excluding hydrogens is 400 g/mol. The molecule has 0 amide bonds. The van der Waals surface area contributed by atoms with E-state index in [0.29, 0.717) is 11.3 Å². The average Bonchev–Trinajstić information content (AvgIpc) is 3.12. The molecule has 0 spiro atoms. The first-order chi connectivity index (χ1) is 13.1. The normalized spacial score (nSPS) is 17.2. The third-order valence-electron chi connectivity index (χ3n) is 5.16. The van der Waals surface area contributed by atoms with E-state index in [1.807, 2.05) is 0 Å². The van der Waals surface area contributed by atoms with Crippen molar-refractivity contribution in [3.63, 3.8) is 0 Å². The first kappa shape index (κ1) is 20.6. The molecule has 1 heterocycles. The predicted molar refractivity (Wildman–Crippen MR) is 108 cm³/mol. The zero-order valence-corrected chi connectivity index (χ0v) is 17.7. The monoisotopic (exact) mass is 424 g/mol. The molecule has 1 aromatic heterocycles. The topological polar surface area (TPSA) is 106 Å². The summed E-state index contributed by atoms with van der Waals surface area (Å²) >= 11 is 1.37. The van der Waals surface area contributed by atoms with Gasteiger partial charge in [-0.15, -0.1) is 11.3 Å². The Morgan fingerprint density at radius 1 is 1.32 bits per heavy atom. The van der Waals surface area contributed by atoms with Gasteiger partial charge in [0, 0.05) is 11.3 Å². The Balaban J connectivity index is 1.79. The third-order valence-corrected chi connectivity index (χ3v) is 7.56. The minimum Gasteiger partial charge on any atom is -0.495 e. The highest BCUT2D eigenvalue weighted by Gasteiger charge is 2.30. The molecule has 152 valence electrons. The number of rotatable bonds is 6. The van der Waals surface area contributed by atoms with Gasteiger partial charge in [-0.1, -0.05) is 13.8 Å². The molecule has 1 aliphatic carbocycles. The van der Waals surface area contributed by atoms with Crippen LogP contribution in [0.4, 0.5) is 5.69 Å². The number of thiazole rings is 1. The van der Waals surface area contributed by atoms with Gasteiger partial charge in [-0.25, -0.2) is 9.78 Å². The molecule has 0 atom stereocenters. The SMILES string of the molecule is COc1cc(C(=O)O)ccc1NS(=O)(=O)c1csc(C2CCC(C)(C)CC2)n1. The number of ether oxygens (including phenoxy) is 1. The van der Waals surface area contributed by atoms with Crippen LogP contribution in [0.15, 0.2) is 28.6 Å². The molecular formula is C19H24N2O5S2. The van der Waals surface area contributed by atoms with Crippen molar-refractivity contribution in [1.29, 1.82) is 0 Å². The number of aromatic nitrogens is 1.